The van der Waals surface area contributed by atoms with Crippen molar-refractivity contribution in [3.63, 3.8) is 0 Å². The average Bonchev–Trinajstić information content (AvgIpc) is 3.21. The van der Waals surface area contributed by atoms with Crippen LogP contribution in [-0.4, -0.2) is 38.3 Å². The number of carbonyl (C=O) groups is 1. The molecule has 3 rings (SSSR count). The Labute approximate surface area is 154 Å². The van der Waals surface area contributed by atoms with Crippen LogP contribution in [0.4, 0.5) is 5.69 Å². The van der Waals surface area contributed by atoms with E-state index in [4.69, 9.17) is 17.0 Å². The summed E-state index contributed by atoms with van der Waals surface area (Å²) in [7, 11) is 1.60. The van der Waals surface area contributed by atoms with Crippen LogP contribution >= 0.6 is 12.2 Å². The number of hydrogen-bond acceptors (Lipinski definition) is 6. The second-order valence-electron chi connectivity index (χ2n) is 5.06. The van der Waals surface area contributed by atoms with Gasteiger partial charge >= 0.3 is 0 Å². The van der Waals surface area contributed by atoms with Crippen LogP contribution in [0.5, 0.6) is 5.75 Å². The third-order valence-electron chi connectivity index (χ3n) is 3.38. The molecule has 3 aromatic rings. The van der Waals surface area contributed by atoms with Crippen molar-refractivity contribution in [3.8, 4) is 11.4 Å². The molecule has 0 aliphatic rings. The quantitative estimate of drug-likeness (QED) is 0.467. The number of hydrogen-bond donors (Lipinski definition) is 3. The predicted molar refractivity (Wildman–Crippen MR) is 99.0 cm³/mol. The largest absolute Gasteiger partial charge is 0.497 e. The molecule has 0 saturated carbocycles. The summed E-state index contributed by atoms with van der Waals surface area (Å²) in [5.41, 5.74) is 7.16. The number of tetrazole rings is 1. The van der Waals surface area contributed by atoms with Crippen LogP contribution in [0.3, 0.4) is 0 Å². The first-order valence-corrected chi connectivity index (χ1v) is 7.91. The lowest BCUT2D eigenvalue weighted by Gasteiger charge is -2.12. The van der Waals surface area contributed by atoms with E-state index in [1.165, 1.54) is 11.0 Å². The second kappa shape index (κ2) is 8.03. The normalized spacial score (nSPS) is 10.0. The minimum atomic E-state index is -0.327. The Morgan fingerprint density at radius 2 is 1.81 bits per heavy atom. The Kier molecular flexibility index (Phi) is 5.34. The maximum absolute atomic E-state index is 12.2. The molecule has 2 aromatic carbocycles. The summed E-state index contributed by atoms with van der Waals surface area (Å²) < 4.78 is 6.58. The standard InChI is InChI=1S/C16H15N7O2S/c1-25-14-8-4-12(5-9-14)18-16(26)20-19-15(24)11-2-6-13(7-3-11)23-10-17-21-22-23/h2-10H,1H3,(H,19,24)(H2,18,20,26). The Morgan fingerprint density at radius 1 is 1.08 bits per heavy atom. The number of rotatable bonds is 4. The average molecular weight is 369 g/mol. The molecular weight excluding hydrogens is 354 g/mol. The van der Waals surface area contributed by atoms with Crippen molar-refractivity contribution in [2.75, 3.05) is 12.4 Å². The van der Waals surface area contributed by atoms with Crippen LogP contribution in [0.15, 0.2) is 54.9 Å². The smallest absolute Gasteiger partial charge is 0.269 e. The molecule has 0 fully saturated rings. The maximum atomic E-state index is 12.2. The van der Waals surface area contributed by atoms with E-state index in [0.29, 0.717) is 5.56 Å². The van der Waals surface area contributed by atoms with Crippen molar-refractivity contribution in [1.29, 1.82) is 0 Å². The molecule has 0 atom stereocenters. The number of methoxy groups -OCH3 is 1. The molecule has 10 heteroatoms. The molecule has 1 aromatic heterocycles. The predicted octanol–water partition coefficient (Wildman–Crippen LogP) is 1.30. The van der Waals surface area contributed by atoms with Gasteiger partial charge in [0, 0.05) is 11.3 Å². The lowest BCUT2D eigenvalue weighted by molar-refractivity contribution is 0.0944. The number of amides is 1. The summed E-state index contributed by atoms with van der Waals surface area (Å²) in [6, 6.07) is 14.0. The highest BCUT2D eigenvalue weighted by atomic mass is 32.1. The number of ether oxygens (including phenoxy) is 1. The number of nitrogens with zero attached hydrogens (tertiary/aromatic N) is 4. The van der Waals surface area contributed by atoms with Crippen molar-refractivity contribution in [2.45, 2.75) is 0 Å². The molecule has 9 nitrogen and oxygen atoms in total. The van der Waals surface area contributed by atoms with Crippen molar-refractivity contribution >= 4 is 28.9 Å². The minimum Gasteiger partial charge on any atom is -0.497 e. The zero-order valence-electron chi connectivity index (χ0n) is 13.7. The summed E-state index contributed by atoms with van der Waals surface area (Å²) in [5, 5.41) is 14.1. The van der Waals surface area contributed by atoms with Gasteiger partial charge in [-0.2, -0.15) is 0 Å². The van der Waals surface area contributed by atoms with E-state index < -0.39 is 0 Å². The van der Waals surface area contributed by atoms with Gasteiger partial charge in [-0.3, -0.25) is 15.6 Å². The van der Waals surface area contributed by atoms with E-state index >= 15 is 0 Å². The number of thiocarbonyl (C=S) groups is 1. The molecule has 0 radical (unpaired) electrons. The van der Waals surface area contributed by atoms with Gasteiger partial charge in [0.1, 0.15) is 12.1 Å². The molecule has 0 unspecified atom stereocenters. The van der Waals surface area contributed by atoms with Gasteiger partial charge in [-0.15, -0.1) is 5.10 Å². The summed E-state index contributed by atoms with van der Waals surface area (Å²) in [6.45, 7) is 0. The molecule has 0 bridgehead atoms. The van der Waals surface area contributed by atoms with Crippen molar-refractivity contribution in [3.05, 3.63) is 60.4 Å². The van der Waals surface area contributed by atoms with Crippen LogP contribution < -0.4 is 20.9 Å². The van der Waals surface area contributed by atoms with E-state index in [9.17, 15) is 4.79 Å². The van der Waals surface area contributed by atoms with E-state index in [1.54, 1.807) is 43.5 Å². The van der Waals surface area contributed by atoms with Crippen molar-refractivity contribution in [1.82, 2.24) is 31.1 Å². The zero-order chi connectivity index (χ0) is 18.4. The molecular formula is C16H15N7O2S. The van der Waals surface area contributed by atoms with E-state index in [2.05, 4.69) is 31.7 Å². The highest BCUT2D eigenvalue weighted by molar-refractivity contribution is 7.80. The number of carbonyl (C=O) groups excluding carboxylic acids is 1. The molecule has 1 heterocycles. The Morgan fingerprint density at radius 3 is 2.42 bits per heavy atom. The maximum Gasteiger partial charge on any atom is 0.269 e. The van der Waals surface area contributed by atoms with E-state index in [1.807, 2.05) is 12.1 Å². The monoisotopic (exact) mass is 369 g/mol. The van der Waals surface area contributed by atoms with Gasteiger partial charge in [0.15, 0.2) is 5.11 Å². The molecule has 0 saturated heterocycles. The second-order valence-corrected chi connectivity index (χ2v) is 5.47. The van der Waals surface area contributed by atoms with Gasteiger partial charge < -0.3 is 10.1 Å². The summed E-state index contributed by atoms with van der Waals surface area (Å²) >= 11 is 5.15. The summed E-state index contributed by atoms with van der Waals surface area (Å²) in [6.07, 6.45) is 1.47. The first-order valence-electron chi connectivity index (χ1n) is 7.50. The first kappa shape index (κ1) is 17.3. The Hall–Kier alpha value is -3.53. The number of aromatic nitrogens is 4. The van der Waals surface area contributed by atoms with Crippen molar-refractivity contribution in [2.24, 2.45) is 0 Å². The van der Waals surface area contributed by atoms with Crippen LogP contribution in [0.2, 0.25) is 0 Å². The molecule has 132 valence electrons. The molecule has 0 aliphatic carbocycles. The molecule has 1 amide bonds. The summed E-state index contributed by atoms with van der Waals surface area (Å²) in [5.74, 6) is 0.417. The topological polar surface area (TPSA) is 106 Å². The van der Waals surface area contributed by atoms with Gasteiger partial charge in [-0.1, -0.05) is 0 Å². The van der Waals surface area contributed by atoms with Gasteiger partial charge in [0.25, 0.3) is 5.91 Å². The minimum absolute atomic E-state index is 0.258. The van der Waals surface area contributed by atoms with Crippen LogP contribution in [0.25, 0.3) is 5.69 Å². The van der Waals surface area contributed by atoms with Gasteiger partial charge in [0.2, 0.25) is 0 Å². The fourth-order valence-corrected chi connectivity index (χ4v) is 2.24. The van der Waals surface area contributed by atoms with Crippen molar-refractivity contribution < 1.29 is 9.53 Å². The molecule has 3 N–H and O–H groups in total. The molecule has 0 aliphatic heterocycles. The Bertz CT molecular complexity index is 880. The lowest BCUT2D eigenvalue weighted by atomic mass is 10.2. The fourth-order valence-electron chi connectivity index (χ4n) is 2.07. The van der Waals surface area contributed by atoms with Crippen LogP contribution in [-0.2, 0) is 0 Å². The van der Waals surface area contributed by atoms with Gasteiger partial charge in [0.05, 0.1) is 12.8 Å². The van der Waals surface area contributed by atoms with Gasteiger partial charge in [-0.05, 0) is 71.2 Å². The molecule has 0 spiro atoms. The van der Waals surface area contributed by atoms with E-state index in [-0.39, 0.29) is 11.0 Å². The highest BCUT2D eigenvalue weighted by Crippen LogP contribution is 2.14. The number of hydrazine groups is 1. The third-order valence-corrected chi connectivity index (χ3v) is 3.58. The molecule has 26 heavy (non-hydrogen) atoms. The highest BCUT2D eigenvalue weighted by Gasteiger charge is 2.07. The number of benzene rings is 2. The Balaban J connectivity index is 1.52. The van der Waals surface area contributed by atoms with Crippen LogP contribution in [0.1, 0.15) is 10.4 Å². The zero-order valence-corrected chi connectivity index (χ0v) is 14.5. The first-order chi connectivity index (χ1) is 12.7. The lowest BCUT2D eigenvalue weighted by Crippen LogP contribution is -2.43. The summed E-state index contributed by atoms with van der Waals surface area (Å²) in [4.78, 5) is 12.2. The SMILES string of the molecule is COc1ccc(NC(=S)NNC(=O)c2ccc(-n3cnnn3)cc2)cc1. The van der Waals surface area contributed by atoms with E-state index in [0.717, 1.165) is 17.1 Å². The van der Waals surface area contributed by atoms with Gasteiger partial charge in [-0.25, -0.2) is 4.68 Å². The number of nitrogens with one attached hydrogen (secondary N) is 3. The van der Waals surface area contributed by atoms with Crippen LogP contribution in [0, 0.1) is 0 Å². The fraction of sp³-hybridized carbons (Fsp3) is 0.0625. The third kappa shape index (κ3) is 4.30. The number of anilines is 1.